The van der Waals surface area contributed by atoms with Crippen molar-refractivity contribution in [2.24, 2.45) is 12.8 Å². The lowest BCUT2D eigenvalue weighted by Crippen LogP contribution is -2.30. The van der Waals surface area contributed by atoms with E-state index in [9.17, 15) is 14.4 Å². The van der Waals surface area contributed by atoms with Crippen molar-refractivity contribution in [3.05, 3.63) is 35.0 Å². The third-order valence-corrected chi connectivity index (χ3v) is 3.59. The Balaban J connectivity index is 1.99. The van der Waals surface area contributed by atoms with Crippen molar-refractivity contribution in [3.8, 4) is 0 Å². The Hall–Kier alpha value is -2.68. The first kappa shape index (κ1) is 15.7. The highest BCUT2D eigenvalue weighted by Gasteiger charge is 2.21. The second kappa shape index (κ2) is 6.39. The predicted molar refractivity (Wildman–Crippen MR) is 79.6 cm³/mol. The zero-order valence-corrected chi connectivity index (χ0v) is 12.7. The normalized spacial score (nSPS) is 11.7. The zero-order chi connectivity index (χ0) is 16.3. The molecule has 0 aromatic carbocycles. The van der Waals surface area contributed by atoms with E-state index in [0.29, 0.717) is 5.00 Å². The van der Waals surface area contributed by atoms with Gasteiger partial charge in [0.1, 0.15) is 5.00 Å². The standard InChI is InChI=1S/C13H14N4O4S/c1-7(21-13(20)8-5-15-17(2)6-8)11(19)16-12-9(10(14)18)3-4-22-12/h3-7H,1-2H3,(H2,14,18)(H,16,19). The number of carbonyl (C=O) groups is 3. The number of primary amides is 1. The van der Waals surface area contributed by atoms with Gasteiger partial charge in [-0.25, -0.2) is 4.79 Å². The number of aromatic nitrogens is 2. The van der Waals surface area contributed by atoms with Gasteiger partial charge in [-0.15, -0.1) is 11.3 Å². The molecule has 0 saturated carbocycles. The van der Waals surface area contributed by atoms with Crippen LogP contribution in [0.4, 0.5) is 5.00 Å². The number of hydrogen-bond donors (Lipinski definition) is 2. The van der Waals surface area contributed by atoms with Crippen LogP contribution in [0.2, 0.25) is 0 Å². The Labute approximate surface area is 129 Å². The molecule has 2 amide bonds. The van der Waals surface area contributed by atoms with Gasteiger partial charge >= 0.3 is 5.97 Å². The number of amides is 2. The third-order valence-electron chi connectivity index (χ3n) is 2.76. The van der Waals surface area contributed by atoms with Gasteiger partial charge in [-0.3, -0.25) is 14.3 Å². The van der Waals surface area contributed by atoms with Crippen molar-refractivity contribution in [1.29, 1.82) is 0 Å². The average molecular weight is 322 g/mol. The minimum atomic E-state index is -1.03. The first-order valence-electron chi connectivity index (χ1n) is 6.26. The van der Waals surface area contributed by atoms with Crippen LogP contribution in [0.3, 0.4) is 0 Å². The summed E-state index contributed by atoms with van der Waals surface area (Å²) < 4.78 is 6.50. The summed E-state index contributed by atoms with van der Waals surface area (Å²) in [6.07, 6.45) is 1.80. The van der Waals surface area contributed by atoms with E-state index in [-0.39, 0.29) is 11.1 Å². The molecule has 2 aromatic heterocycles. The highest BCUT2D eigenvalue weighted by molar-refractivity contribution is 7.14. The van der Waals surface area contributed by atoms with Crippen molar-refractivity contribution in [2.45, 2.75) is 13.0 Å². The summed E-state index contributed by atoms with van der Waals surface area (Å²) in [4.78, 5) is 35.0. The molecule has 0 saturated heterocycles. The van der Waals surface area contributed by atoms with Crippen molar-refractivity contribution in [2.75, 3.05) is 5.32 Å². The first-order chi connectivity index (χ1) is 10.4. The monoisotopic (exact) mass is 322 g/mol. The lowest BCUT2D eigenvalue weighted by molar-refractivity contribution is -0.123. The minimum absolute atomic E-state index is 0.212. The second-order valence-corrected chi connectivity index (χ2v) is 5.38. The second-order valence-electron chi connectivity index (χ2n) is 4.47. The SMILES string of the molecule is CC(OC(=O)c1cnn(C)c1)C(=O)Nc1sccc1C(N)=O. The Morgan fingerprint density at radius 3 is 2.77 bits per heavy atom. The molecule has 1 atom stereocenters. The van der Waals surface area contributed by atoms with Gasteiger partial charge in [0.15, 0.2) is 6.10 Å². The fourth-order valence-corrected chi connectivity index (χ4v) is 2.42. The van der Waals surface area contributed by atoms with Gasteiger partial charge in [-0.2, -0.15) is 5.10 Å². The van der Waals surface area contributed by atoms with Crippen LogP contribution in [0.5, 0.6) is 0 Å². The van der Waals surface area contributed by atoms with Crippen molar-refractivity contribution in [3.63, 3.8) is 0 Å². The van der Waals surface area contributed by atoms with E-state index in [1.165, 1.54) is 30.1 Å². The molecule has 0 radical (unpaired) electrons. The van der Waals surface area contributed by atoms with E-state index in [4.69, 9.17) is 10.5 Å². The number of thiophene rings is 1. The van der Waals surface area contributed by atoms with E-state index >= 15 is 0 Å². The van der Waals surface area contributed by atoms with E-state index in [2.05, 4.69) is 10.4 Å². The number of esters is 1. The molecule has 8 nitrogen and oxygen atoms in total. The number of ether oxygens (including phenoxy) is 1. The number of nitrogens with two attached hydrogens (primary N) is 1. The van der Waals surface area contributed by atoms with Gasteiger partial charge in [0.2, 0.25) is 0 Å². The lowest BCUT2D eigenvalue weighted by Gasteiger charge is -2.12. The minimum Gasteiger partial charge on any atom is -0.449 e. The fraction of sp³-hybridized carbons (Fsp3) is 0.231. The van der Waals surface area contributed by atoms with Crippen molar-refractivity contribution in [1.82, 2.24) is 9.78 Å². The number of carbonyl (C=O) groups excluding carboxylic acids is 3. The molecule has 0 aliphatic carbocycles. The summed E-state index contributed by atoms with van der Waals surface area (Å²) in [6, 6.07) is 1.51. The highest BCUT2D eigenvalue weighted by Crippen LogP contribution is 2.23. The molecule has 1 unspecified atom stereocenters. The number of anilines is 1. The molecule has 2 rings (SSSR count). The third kappa shape index (κ3) is 3.50. The maximum Gasteiger partial charge on any atom is 0.342 e. The van der Waals surface area contributed by atoms with Crippen LogP contribution >= 0.6 is 11.3 Å². The topological polar surface area (TPSA) is 116 Å². The number of nitrogens with one attached hydrogen (secondary N) is 1. The summed E-state index contributed by atoms with van der Waals surface area (Å²) in [5.74, 6) is -1.85. The molecule has 0 spiro atoms. The lowest BCUT2D eigenvalue weighted by atomic mass is 10.3. The molecule has 0 bridgehead atoms. The maximum absolute atomic E-state index is 12.0. The summed E-state index contributed by atoms with van der Waals surface area (Å²) in [5.41, 5.74) is 5.65. The summed E-state index contributed by atoms with van der Waals surface area (Å²) >= 11 is 1.16. The van der Waals surface area contributed by atoms with E-state index < -0.39 is 23.9 Å². The Morgan fingerprint density at radius 1 is 1.45 bits per heavy atom. The smallest absolute Gasteiger partial charge is 0.342 e. The molecule has 2 aromatic rings. The summed E-state index contributed by atoms with van der Waals surface area (Å²) in [7, 11) is 1.66. The summed E-state index contributed by atoms with van der Waals surface area (Å²) in [5, 5.41) is 8.31. The maximum atomic E-state index is 12.0. The Morgan fingerprint density at radius 2 is 2.18 bits per heavy atom. The molecule has 0 fully saturated rings. The molecule has 3 N–H and O–H groups in total. The van der Waals surface area contributed by atoms with E-state index in [1.54, 1.807) is 12.4 Å². The summed E-state index contributed by atoms with van der Waals surface area (Å²) in [6.45, 7) is 1.43. The van der Waals surface area contributed by atoms with Gasteiger partial charge in [0.05, 0.1) is 17.3 Å². The van der Waals surface area contributed by atoms with Gasteiger partial charge in [0.25, 0.3) is 11.8 Å². The van der Waals surface area contributed by atoms with E-state index in [0.717, 1.165) is 11.3 Å². The largest absolute Gasteiger partial charge is 0.449 e. The van der Waals surface area contributed by atoms with Crippen LogP contribution in [0.1, 0.15) is 27.6 Å². The predicted octanol–water partition coefficient (Wildman–Crippen LogP) is 0.764. The van der Waals surface area contributed by atoms with Crippen LogP contribution in [-0.4, -0.2) is 33.7 Å². The number of aryl methyl sites for hydroxylation is 1. The quantitative estimate of drug-likeness (QED) is 0.788. The average Bonchev–Trinajstić information content (AvgIpc) is 3.07. The number of nitrogens with zero attached hydrogens (tertiary/aromatic N) is 2. The molecule has 22 heavy (non-hydrogen) atoms. The number of rotatable bonds is 5. The van der Waals surface area contributed by atoms with Crippen LogP contribution in [0.25, 0.3) is 0 Å². The molecule has 116 valence electrons. The van der Waals surface area contributed by atoms with Crippen molar-refractivity contribution >= 4 is 34.1 Å². The molecule has 9 heteroatoms. The number of hydrogen-bond acceptors (Lipinski definition) is 6. The van der Waals surface area contributed by atoms with Gasteiger partial charge in [-0.1, -0.05) is 0 Å². The van der Waals surface area contributed by atoms with Gasteiger partial charge < -0.3 is 15.8 Å². The molecule has 0 aliphatic rings. The van der Waals surface area contributed by atoms with Gasteiger partial charge in [-0.05, 0) is 18.4 Å². The van der Waals surface area contributed by atoms with Crippen LogP contribution < -0.4 is 11.1 Å². The first-order valence-corrected chi connectivity index (χ1v) is 7.14. The van der Waals surface area contributed by atoms with Crippen LogP contribution in [-0.2, 0) is 16.6 Å². The molecule has 2 heterocycles. The van der Waals surface area contributed by atoms with Crippen LogP contribution in [0, 0.1) is 0 Å². The molecule has 0 aliphatic heterocycles. The van der Waals surface area contributed by atoms with Gasteiger partial charge in [0, 0.05) is 13.2 Å². The zero-order valence-electron chi connectivity index (χ0n) is 11.9. The van der Waals surface area contributed by atoms with Crippen LogP contribution in [0.15, 0.2) is 23.8 Å². The Bertz CT molecular complexity index is 721. The Kier molecular flexibility index (Phi) is 4.56. The highest BCUT2D eigenvalue weighted by atomic mass is 32.1. The van der Waals surface area contributed by atoms with E-state index in [1.807, 2.05) is 0 Å². The fourth-order valence-electron chi connectivity index (χ4n) is 1.62. The van der Waals surface area contributed by atoms with Crippen molar-refractivity contribution < 1.29 is 19.1 Å². The molecular formula is C13H14N4O4S. The molecular weight excluding hydrogens is 308 g/mol.